The van der Waals surface area contributed by atoms with E-state index in [9.17, 15) is 4.79 Å². The van der Waals surface area contributed by atoms with Gasteiger partial charge < -0.3 is 15.6 Å². The Labute approximate surface area is 134 Å². The van der Waals surface area contributed by atoms with Crippen LogP contribution in [0.25, 0.3) is 11.0 Å². The molecule has 1 atom stereocenters. The molecule has 1 unspecified atom stereocenters. The number of hydrogen-bond acceptors (Lipinski definition) is 5. The molecule has 1 aliphatic heterocycles. The van der Waals surface area contributed by atoms with E-state index in [1.54, 1.807) is 12.5 Å². The van der Waals surface area contributed by atoms with Gasteiger partial charge in [0.05, 0.1) is 5.39 Å². The summed E-state index contributed by atoms with van der Waals surface area (Å²) in [5.74, 6) is 1.20. The summed E-state index contributed by atoms with van der Waals surface area (Å²) in [4.78, 5) is 24.1. The molecular formula is C15H20ClN5O. The minimum Gasteiger partial charge on any atom is -0.365 e. The minimum atomic E-state index is 0. The molecule has 1 saturated carbocycles. The summed E-state index contributed by atoms with van der Waals surface area (Å²) in [6, 6.07) is 0.357. The number of rotatable bonds is 4. The van der Waals surface area contributed by atoms with Crippen molar-refractivity contribution in [1.82, 2.24) is 20.3 Å². The molecule has 0 aromatic carbocycles. The van der Waals surface area contributed by atoms with Crippen molar-refractivity contribution in [2.75, 3.05) is 18.4 Å². The molecule has 6 nitrogen and oxygen atoms in total. The zero-order valence-electron chi connectivity index (χ0n) is 12.3. The van der Waals surface area contributed by atoms with Crippen LogP contribution in [0.15, 0.2) is 12.5 Å². The molecule has 2 aromatic rings. The average Bonchev–Trinajstić information content (AvgIpc) is 3.27. The molecule has 3 heterocycles. The number of carbonyl (C=O) groups is 1. The second-order valence-electron chi connectivity index (χ2n) is 5.97. The van der Waals surface area contributed by atoms with Crippen LogP contribution in [0.1, 0.15) is 36.0 Å². The number of Topliss-reactive ketones (excluding diaryl/α,β-unsaturated/α-hetero) is 1. The number of piperidine rings is 1. The highest BCUT2D eigenvalue weighted by Crippen LogP contribution is 2.35. The summed E-state index contributed by atoms with van der Waals surface area (Å²) in [6.45, 7) is 2.01. The van der Waals surface area contributed by atoms with E-state index >= 15 is 0 Å². The standard InChI is InChI=1S/C15H19N5O.ClH/c21-13(9-3-4-9)11-7-17-14-12(11)15(19-8-18-14)20-10-2-1-5-16-6-10;/h7-10,16H,1-6H2,(H2,17,18,19,20);1H. The fourth-order valence-electron chi connectivity index (χ4n) is 3.00. The molecule has 0 amide bonds. The third-order valence-corrected chi connectivity index (χ3v) is 4.32. The van der Waals surface area contributed by atoms with Gasteiger partial charge in [-0.25, -0.2) is 9.97 Å². The van der Waals surface area contributed by atoms with Gasteiger partial charge >= 0.3 is 0 Å². The number of halogens is 1. The van der Waals surface area contributed by atoms with Gasteiger partial charge in [0, 0.05) is 30.3 Å². The van der Waals surface area contributed by atoms with Crippen molar-refractivity contribution in [2.45, 2.75) is 31.7 Å². The first-order chi connectivity index (χ1) is 10.3. The Bertz CT molecular complexity index is 676. The lowest BCUT2D eigenvalue weighted by Gasteiger charge is -2.24. The summed E-state index contributed by atoms with van der Waals surface area (Å²) < 4.78 is 0. The smallest absolute Gasteiger partial charge is 0.168 e. The Kier molecular flexibility index (Phi) is 4.31. The molecule has 3 N–H and O–H groups in total. The monoisotopic (exact) mass is 321 g/mol. The Hall–Kier alpha value is -1.66. The van der Waals surface area contributed by atoms with E-state index in [0.29, 0.717) is 6.04 Å². The number of fused-ring (bicyclic) bond motifs is 1. The second kappa shape index (κ2) is 6.22. The maximum Gasteiger partial charge on any atom is 0.168 e. The maximum atomic E-state index is 12.4. The molecule has 4 rings (SSSR count). The first-order valence-corrected chi connectivity index (χ1v) is 7.66. The number of H-pyrrole nitrogens is 1. The molecule has 1 aliphatic carbocycles. The van der Waals surface area contributed by atoms with Crippen molar-refractivity contribution >= 4 is 35.0 Å². The summed E-state index contributed by atoms with van der Waals surface area (Å²) in [5.41, 5.74) is 1.47. The van der Waals surface area contributed by atoms with E-state index in [-0.39, 0.29) is 24.1 Å². The molecule has 7 heteroatoms. The average molecular weight is 322 g/mol. The molecule has 1 saturated heterocycles. The Morgan fingerprint density at radius 3 is 2.86 bits per heavy atom. The van der Waals surface area contributed by atoms with Gasteiger partial charge in [-0.1, -0.05) is 0 Å². The Morgan fingerprint density at radius 2 is 2.14 bits per heavy atom. The van der Waals surface area contributed by atoms with Crippen molar-refractivity contribution in [3.8, 4) is 0 Å². The first-order valence-electron chi connectivity index (χ1n) is 7.66. The van der Waals surface area contributed by atoms with Crippen molar-refractivity contribution in [3.05, 3.63) is 18.1 Å². The zero-order chi connectivity index (χ0) is 14.2. The van der Waals surface area contributed by atoms with Crippen LogP contribution in [-0.2, 0) is 0 Å². The van der Waals surface area contributed by atoms with Crippen LogP contribution >= 0.6 is 12.4 Å². The second-order valence-corrected chi connectivity index (χ2v) is 5.97. The highest BCUT2D eigenvalue weighted by atomic mass is 35.5. The number of ketones is 1. The SMILES string of the molecule is Cl.O=C(c1c[nH]c2ncnc(NC3CCCNC3)c12)C1CC1. The van der Waals surface area contributed by atoms with Crippen LogP contribution in [0.5, 0.6) is 0 Å². The maximum absolute atomic E-state index is 12.4. The third kappa shape index (κ3) is 2.80. The highest BCUT2D eigenvalue weighted by Gasteiger charge is 2.32. The van der Waals surface area contributed by atoms with Gasteiger partial charge in [-0.05, 0) is 32.2 Å². The Balaban J connectivity index is 0.00000144. The van der Waals surface area contributed by atoms with Gasteiger partial charge in [-0.15, -0.1) is 12.4 Å². The largest absolute Gasteiger partial charge is 0.365 e. The number of nitrogens with one attached hydrogen (secondary N) is 3. The van der Waals surface area contributed by atoms with E-state index in [1.165, 1.54) is 0 Å². The normalized spacial score (nSPS) is 21.4. The number of nitrogens with zero attached hydrogens (tertiary/aromatic N) is 2. The fraction of sp³-hybridized carbons (Fsp3) is 0.533. The van der Waals surface area contributed by atoms with Crippen LogP contribution in [0, 0.1) is 5.92 Å². The molecule has 2 aromatic heterocycles. The van der Waals surface area contributed by atoms with Gasteiger partial charge in [0.1, 0.15) is 17.8 Å². The molecule has 0 spiro atoms. The lowest BCUT2D eigenvalue weighted by molar-refractivity contribution is 0.0969. The van der Waals surface area contributed by atoms with Crippen LogP contribution in [0.2, 0.25) is 0 Å². The Morgan fingerprint density at radius 1 is 1.27 bits per heavy atom. The molecule has 2 fully saturated rings. The molecule has 118 valence electrons. The first kappa shape index (κ1) is 15.2. The van der Waals surface area contributed by atoms with E-state index < -0.39 is 0 Å². The molecule has 2 aliphatic rings. The lowest BCUT2D eigenvalue weighted by Crippen LogP contribution is -2.38. The van der Waals surface area contributed by atoms with Crippen LogP contribution in [0.3, 0.4) is 0 Å². The summed E-state index contributed by atoms with van der Waals surface area (Å²) in [6.07, 6.45) is 7.62. The summed E-state index contributed by atoms with van der Waals surface area (Å²) in [7, 11) is 0. The van der Waals surface area contributed by atoms with E-state index in [0.717, 1.165) is 61.2 Å². The van der Waals surface area contributed by atoms with Gasteiger partial charge in [-0.3, -0.25) is 4.79 Å². The molecule has 22 heavy (non-hydrogen) atoms. The fourth-order valence-corrected chi connectivity index (χ4v) is 3.00. The van der Waals surface area contributed by atoms with E-state index in [4.69, 9.17) is 0 Å². The van der Waals surface area contributed by atoms with Crippen molar-refractivity contribution < 1.29 is 4.79 Å². The number of hydrogen-bond donors (Lipinski definition) is 3. The number of carbonyl (C=O) groups excluding carboxylic acids is 1. The van der Waals surface area contributed by atoms with Crippen molar-refractivity contribution in [1.29, 1.82) is 0 Å². The zero-order valence-corrected chi connectivity index (χ0v) is 13.1. The lowest BCUT2D eigenvalue weighted by atomic mass is 10.1. The quantitative estimate of drug-likeness (QED) is 0.751. The topological polar surface area (TPSA) is 82.7 Å². The molecule has 0 bridgehead atoms. The number of aromatic amines is 1. The molecule has 0 radical (unpaired) electrons. The van der Waals surface area contributed by atoms with Gasteiger partial charge in [0.2, 0.25) is 0 Å². The van der Waals surface area contributed by atoms with Gasteiger partial charge in [0.25, 0.3) is 0 Å². The summed E-state index contributed by atoms with van der Waals surface area (Å²) >= 11 is 0. The highest BCUT2D eigenvalue weighted by molar-refractivity contribution is 6.12. The van der Waals surface area contributed by atoms with Crippen LogP contribution in [0.4, 0.5) is 5.82 Å². The van der Waals surface area contributed by atoms with E-state index in [1.807, 2.05) is 0 Å². The number of aromatic nitrogens is 3. The van der Waals surface area contributed by atoms with Crippen molar-refractivity contribution in [2.24, 2.45) is 5.92 Å². The predicted octanol–water partition coefficient (Wildman–Crippen LogP) is 2.14. The van der Waals surface area contributed by atoms with Gasteiger partial charge in [-0.2, -0.15) is 0 Å². The van der Waals surface area contributed by atoms with Gasteiger partial charge in [0.15, 0.2) is 5.78 Å². The molecular weight excluding hydrogens is 302 g/mol. The van der Waals surface area contributed by atoms with Crippen LogP contribution < -0.4 is 10.6 Å². The minimum absolute atomic E-state index is 0. The van der Waals surface area contributed by atoms with Crippen LogP contribution in [-0.4, -0.2) is 39.9 Å². The van der Waals surface area contributed by atoms with E-state index in [2.05, 4.69) is 25.6 Å². The summed E-state index contributed by atoms with van der Waals surface area (Å²) in [5, 5.41) is 7.71. The third-order valence-electron chi connectivity index (χ3n) is 4.32. The van der Waals surface area contributed by atoms with Crippen molar-refractivity contribution in [3.63, 3.8) is 0 Å². The number of anilines is 1. The predicted molar refractivity (Wildman–Crippen MR) is 87.7 cm³/mol.